The normalized spacial score (nSPS) is 11.6. The van der Waals surface area contributed by atoms with E-state index in [9.17, 15) is 9.59 Å². The summed E-state index contributed by atoms with van der Waals surface area (Å²) in [5.74, 6) is -0.0290. The van der Waals surface area contributed by atoms with Gasteiger partial charge in [0.2, 0.25) is 5.91 Å². The summed E-state index contributed by atoms with van der Waals surface area (Å²) in [6, 6.07) is 1.08. The van der Waals surface area contributed by atoms with Gasteiger partial charge in [0.15, 0.2) is 0 Å². The predicted octanol–water partition coefficient (Wildman–Crippen LogP) is 1.92. The Balaban J connectivity index is 2.85. The molecule has 1 heterocycles. The van der Waals surface area contributed by atoms with Gasteiger partial charge in [0.05, 0.1) is 5.56 Å². The lowest BCUT2D eigenvalue weighted by Gasteiger charge is -2.15. The van der Waals surface area contributed by atoms with Crippen molar-refractivity contribution in [3.05, 3.63) is 22.3 Å². The number of pyridine rings is 1. The Labute approximate surface area is 133 Å². The molecule has 3 N–H and O–H groups in total. The maximum absolute atomic E-state index is 12.3. The molecule has 0 spiro atoms. The highest BCUT2D eigenvalue weighted by atomic mass is 79.9. The van der Waals surface area contributed by atoms with Crippen molar-refractivity contribution in [1.29, 1.82) is 0 Å². The quantitative estimate of drug-likeness (QED) is 0.696. The minimum absolute atomic E-state index is 0.211. The van der Waals surface area contributed by atoms with Crippen LogP contribution in [0.2, 0.25) is 0 Å². The van der Waals surface area contributed by atoms with Crippen LogP contribution >= 0.6 is 15.9 Å². The molecule has 0 aromatic carbocycles. The number of nitrogens with one attached hydrogen (secondary N) is 3. The zero-order valence-electron chi connectivity index (χ0n) is 12.5. The molecule has 6 nitrogen and oxygen atoms in total. The van der Waals surface area contributed by atoms with E-state index in [4.69, 9.17) is 0 Å². The molecule has 0 aliphatic carbocycles. The van der Waals surface area contributed by atoms with Crippen molar-refractivity contribution >= 4 is 33.6 Å². The van der Waals surface area contributed by atoms with Gasteiger partial charge in [-0.2, -0.15) is 0 Å². The van der Waals surface area contributed by atoms with Gasteiger partial charge in [-0.05, 0) is 42.3 Å². The van der Waals surface area contributed by atoms with Crippen molar-refractivity contribution in [2.75, 3.05) is 18.4 Å². The smallest absolute Gasteiger partial charge is 0.255 e. The highest BCUT2D eigenvalue weighted by Crippen LogP contribution is 2.18. The molecule has 116 valence electrons. The van der Waals surface area contributed by atoms with Crippen LogP contribution in [-0.4, -0.2) is 35.9 Å². The average molecular weight is 357 g/mol. The van der Waals surface area contributed by atoms with Gasteiger partial charge in [0.1, 0.15) is 11.9 Å². The first kappa shape index (κ1) is 17.4. The summed E-state index contributed by atoms with van der Waals surface area (Å²) in [6.45, 7) is 6.76. The predicted molar refractivity (Wildman–Crippen MR) is 86.3 cm³/mol. The molecule has 1 aromatic heterocycles. The van der Waals surface area contributed by atoms with Crippen LogP contribution in [0, 0.1) is 0 Å². The molecular weight excluding hydrogens is 336 g/mol. The third kappa shape index (κ3) is 5.34. The highest BCUT2D eigenvalue weighted by molar-refractivity contribution is 9.10. The molecule has 0 saturated carbocycles. The zero-order valence-corrected chi connectivity index (χ0v) is 14.1. The summed E-state index contributed by atoms with van der Waals surface area (Å²) in [5, 5.41) is 8.45. The molecule has 21 heavy (non-hydrogen) atoms. The van der Waals surface area contributed by atoms with E-state index in [0.29, 0.717) is 22.4 Å². The van der Waals surface area contributed by atoms with Crippen LogP contribution in [0.4, 0.5) is 5.82 Å². The zero-order chi connectivity index (χ0) is 15.8. The SMILES string of the molecule is CCCNc1ncc(Br)cc1C(=O)NC(C)C(=O)NCC. The number of anilines is 1. The molecule has 1 rings (SSSR count). The first-order valence-corrected chi connectivity index (χ1v) is 7.76. The Morgan fingerprint density at radius 1 is 1.38 bits per heavy atom. The van der Waals surface area contributed by atoms with Crippen molar-refractivity contribution in [3.8, 4) is 0 Å². The fraction of sp³-hybridized carbons (Fsp3) is 0.500. The lowest BCUT2D eigenvalue weighted by molar-refractivity contribution is -0.122. The second kappa shape index (κ2) is 8.61. The molecule has 1 atom stereocenters. The van der Waals surface area contributed by atoms with Crippen LogP contribution in [0.1, 0.15) is 37.6 Å². The molecule has 0 saturated heterocycles. The minimum Gasteiger partial charge on any atom is -0.369 e. The molecule has 1 aromatic rings. The second-order valence-corrected chi connectivity index (χ2v) is 5.48. The number of carbonyl (C=O) groups is 2. The number of nitrogens with zero attached hydrogens (tertiary/aromatic N) is 1. The van der Waals surface area contributed by atoms with Crippen molar-refractivity contribution in [2.24, 2.45) is 0 Å². The molecule has 7 heteroatoms. The van der Waals surface area contributed by atoms with E-state index in [1.54, 1.807) is 19.2 Å². The first-order valence-electron chi connectivity index (χ1n) is 6.97. The second-order valence-electron chi connectivity index (χ2n) is 4.57. The topological polar surface area (TPSA) is 83.1 Å². The summed E-state index contributed by atoms with van der Waals surface area (Å²) in [7, 11) is 0. The van der Waals surface area contributed by atoms with Crippen LogP contribution < -0.4 is 16.0 Å². The Morgan fingerprint density at radius 3 is 2.71 bits per heavy atom. The summed E-state index contributed by atoms with van der Waals surface area (Å²) < 4.78 is 0.709. The number of hydrogen-bond donors (Lipinski definition) is 3. The van der Waals surface area contributed by atoms with E-state index >= 15 is 0 Å². The van der Waals surface area contributed by atoms with Crippen LogP contribution in [0.5, 0.6) is 0 Å². The minimum atomic E-state index is -0.601. The van der Waals surface area contributed by atoms with Crippen molar-refractivity contribution in [2.45, 2.75) is 33.2 Å². The maximum Gasteiger partial charge on any atom is 0.255 e. The van der Waals surface area contributed by atoms with Gasteiger partial charge in [-0.1, -0.05) is 6.92 Å². The van der Waals surface area contributed by atoms with Crippen LogP contribution in [0.25, 0.3) is 0 Å². The Hall–Kier alpha value is -1.63. The third-order valence-corrected chi connectivity index (χ3v) is 3.17. The molecule has 0 fully saturated rings. The average Bonchev–Trinajstić information content (AvgIpc) is 2.46. The van der Waals surface area contributed by atoms with E-state index in [2.05, 4.69) is 36.9 Å². The number of aromatic nitrogens is 1. The van der Waals surface area contributed by atoms with Gasteiger partial charge in [-0.3, -0.25) is 9.59 Å². The standard InChI is InChI=1S/C14H21BrN4O2/c1-4-6-17-12-11(7-10(15)8-18-12)14(21)19-9(3)13(20)16-5-2/h7-9H,4-6H2,1-3H3,(H,16,20)(H,17,18)(H,19,21). The van der Waals surface area contributed by atoms with Crippen LogP contribution in [0.3, 0.4) is 0 Å². The number of amides is 2. The number of hydrogen-bond acceptors (Lipinski definition) is 4. The monoisotopic (exact) mass is 356 g/mol. The van der Waals surface area contributed by atoms with E-state index < -0.39 is 6.04 Å². The van der Waals surface area contributed by atoms with Crippen LogP contribution in [-0.2, 0) is 4.79 Å². The number of carbonyl (C=O) groups excluding carboxylic acids is 2. The molecule has 2 amide bonds. The molecule has 0 radical (unpaired) electrons. The van der Waals surface area contributed by atoms with Gasteiger partial charge in [0, 0.05) is 23.8 Å². The largest absolute Gasteiger partial charge is 0.369 e. The fourth-order valence-corrected chi connectivity index (χ4v) is 2.00. The van der Waals surface area contributed by atoms with Crippen LogP contribution in [0.15, 0.2) is 16.7 Å². The Kier molecular flexibility index (Phi) is 7.14. The number of likely N-dealkylation sites (N-methyl/N-ethyl adjacent to an activating group) is 1. The van der Waals surface area contributed by atoms with Gasteiger partial charge >= 0.3 is 0 Å². The summed E-state index contributed by atoms with van der Waals surface area (Å²) in [4.78, 5) is 28.2. The molecule has 0 bridgehead atoms. The molecule has 0 aliphatic rings. The van der Waals surface area contributed by atoms with Gasteiger partial charge < -0.3 is 16.0 Å². The summed E-state index contributed by atoms with van der Waals surface area (Å²) in [6.07, 6.45) is 2.55. The van der Waals surface area contributed by atoms with Crippen molar-refractivity contribution in [1.82, 2.24) is 15.6 Å². The van der Waals surface area contributed by atoms with Gasteiger partial charge in [-0.25, -0.2) is 4.98 Å². The molecule has 0 aliphatic heterocycles. The lowest BCUT2D eigenvalue weighted by atomic mass is 10.2. The number of rotatable bonds is 7. The van der Waals surface area contributed by atoms with E-state index in [1.165, 1.54) is 0 Å². The Morgan fingerprint density at radius 2 is 2.10 bits per heavy atom. The fourth-order valence-electron chi connectivity index (χ4n) is 1.66. The highest BCUT2D eigenvalue weighted by Gasteiger charge is 2.19. The van der Waals surface area contributed by atoms with Gasteiger partial charge in [-0.15, -0.1) is 0 Å². The number of halogens is 1. The molecular formula is C14H21BrN4O2. The van der Waals surface area contributed by atoms with E-state index in [0.717, 1.165) is 13.0 Å². The summed E-state index contributed by atoms with van der Waals surface area (Å²) in [5.41, 5.74) is 0.411. The third-order valence-electron chi connectivity index (χ3n) is 2.73. The first-order chi connectivity index (χ1) is 9.99. The molecule has 1 unspecified atom stereocenters. The van der Waals surface area contributed by atoms with E-state index in [1.807, 2.05) is 13.8 Å². The van der Waals surface area contributed by atoms with E-state index in [-0.39, 0.29) is 11.8 Å². The van der Waals surface area contributed by atoms with Crippen molar-refractivity contribution < 1.29 is 9.59 Å². The van der Waals surface area contributed by atoms with Crippen molar-refractivity contribution in [3.63, 3.8) is 0 Å². The summed E-state index contributed by atoms with van der Waals surface area (Å²) >= 11 is 3.30. The lowest BCUT2D eigenvalue weighted by Crippen LogP contribution is -2.44. The Bertz CT molecular complexity index is 508. The maximum atomic E-state index is 12.3. The van der Waals surface area contributed by atoms with Gasteiger partial charge in [0.25, 0.3) is 5.91 Å².